The largest absolute Gasteiger partial charge is 0.481 e. The first-order valence-electron chi connectivity index (χ1n) is 5.96. The highest BCUT2D eigenvalue weighted by Gasteiger charge is 2.33. The number of hydrogen-bond acceptors (Lipinski definition) is 4. The number of carbonyl (C=O) groups is 1. The lowest BCUT2D eigenvalue weighted by atomic mass is 10.2. The molecule has 0 saturated heterocycles. The van der Waals surface area contributed by atoms with Crippen molar-refractivity contribution in [3.8, 4) is 6.07 Å². The van der Waals surface area contributed by atoms with E-state index in [0.29, 0.717) is 23.8 Å². The van der Waals surface area contributed by atoms with Gasteiger partial charge in [0.25, 0.3) is 0 Å². The van der Waals surface area contributed by atoms with Gasteiger partial charge in [-0.1, -0.05) is 0 Å². The monoisotopic (exact) mass is 248 g/mol. The average molecular weight is 248 g/mol. The lowest BCUT2D eigenvalue weighted by molar-refractivity contribution is -0.136. The molecule has 0 amide bonds. The van der Waals surface area contributed by atoms with Crippen molar-refractivity contribution >= 4 is 11.8 Å². The van der Waals surface area contributed by atoms with Crippen LogP contribution in [0.4, 0.5) is 5.82 Å². The molecule has 96 valence electrons. The van der Waals surface area contributed by atoms with Crippen LogP contribution in [-0.2, 0) is 11.8 Å². The Morgan fingerprint density at radius 2 is 2.33 bits per heavy atom. The Hall–Kier alpha value is -2.03. The summed E-state index contributed by atoms with van der Waals surface area (Å²) in [4.78, 5) is 12.7. The lowest BCUT2D eigenvalue weighted by Gasteiger charge is -2.24. The highest BCUT2D eigenvalue weighted by atomic mass is 16.4. The third-order valence-corrected chi connectivity index (χ3v) is 3.13. The van der Waals surface area contributed by atoms with Gasteiger partial charge in [0.1, 0.15) is 17.5 Å². The van der Waals surface area contributed by atoms with Crippen molar-refractivity contribution in [2.24, 2.45) is 7.05 Å². The van der Waals surface area contributed by atoms with Gasteiger partial charge in [-0.3, -0.25) is 9.48 Å². The SMILES string of the molecule is Cc1nn(C)c(N(CCC(=O)O)C2CC2)c1C#N. The molecular formula is C12H16N4O2. The summed E-state index contributed by atoms with van der Waals surface area (Å²) in [7, 11) is 1.79. The number of hydrogen-bond donors (Lipinski definition) is 1. The fourth-order valence-electron chi connectivity index (χ4n) is 2.17. The molecule has 1 N–H and O–H groups in total. The number of anilines is 1. The zero-order chi connectivity index (χ0) is 13.3. The van der Waals surface area contributed by atoms with Crippen LogP contribution < -0.4 is 4.90 Å². The second kappa shape index (κ2) is 4.69. The number of aliphatic carboxylic acids is 1. The molecule has 0 aromatic carbocycles. The van der Waals surface area contributed by atoms with E-state index < -0.39 is 5.97 Å². The number of carboxylic acids is 1. The van der Waals surface area contributed by atoms with Crippen LogP contribution in [0.15, 0.2) is 0 Å². The topological polar surface area (TPSA) is 82.2 Å². The average Bonchev–Trinajstić information content (AvgIpc) is 3.07. The molecular weight excluding hydrogens is 232 g/mol. The molecule has 1 heterocycles. The number of aryl methyl sites for hydroxylation is 2. The van der Waals surface area contributed by atoms with Crippen molar-refractivity contribution in [2.45, 2.75) is 32.2 Å². The number of aromatic nitrogens is 2. The summed E-state index contributed by atoms with van der Waals surface area (Å²) in [6.07, 6.45) is 2.18. The van der Waals surface area contributed by atoms with Gasteiger partial charge in [-0.2, -0.15) is 10.4 Å². The minimum atomic E-state index is -0.821. The molecule has 6 nitrogen and oxygen atoms in total. The van der Waals surface area contributed by atoms with Crippen LogP contribution in [0.3, 0.4) is 0 Å². The summed E-state index contributed by atoms with van der Waals surface area (Å²) < 4.78 is 1.67. The van der Waals surface area contributed by atoms with Crippen LogP contribution in [0.2, 0.25) is 0 Å². The predicted octanol–water partition coefficient (Wildman–Crippen LogP) is 1.04. The first-order chi connectivity index (χ1) is 8.54. The molecule has 1 aromatic heterocycles. The Bertz CT molecular complexity index is 511. The second-order valence-corrected chi connectivity index (χ2v) is 4.59. The minimum Gasteiger partial charge on any atom is -0.481 e. The maximum Gasteiger partial charge on any atom is 0.305 e. The third kappa shape index (κ3) is 2.30. The Labute approximate surface area is 105 Å². The van der Waals surface area contributed by atoms with Crippen molar-refractivity contribution in [3.63, 3.8) is 0 Å². The summed E-state index contributed by atoms with van der Waals surface area (Å²) >= 11 is 0. The van der Waals surface area contributed by atoms with Crippen LogP contribution in [-0.4, -0.2) is 33.4 Å². The van der Waals surface area contributed by atoms with Crippen LogP contribution >= 0.6 is 0 Å². The van der Waals surface area contributed by atoms with Crippen molar-refractivity contribution in [3.05, 3.63) is 11.3 Å². The number of rotatable bonds is 5. The zero-order valence-corrected chi connectivity index (χ0v) is 10.6. The third-order valence-electron chi connectivity index (χ3n) is 3.13. The van der Waals surface area contributed by atoms with E-state index in [1.165, 1.54) is 0 Å². The minimum absolute atomic E-state index is 0.0750. The van der Waals surface area contributed by atoms with Gasteiger partial charge in [-0.15, -0.1) is 0 Å². The number of nitrogens with zero attached hydrogens (tertiary/aromatic N) is 4. The summed E-state index contributed by atoms with van der Waals surface area (Å²) in [5.74, 6) is -0.0724. The summed E-state index contributed by atoms with van der Waals surface area (Å²) in [5.41, 5.74) is 1.24. The Morgan fingerprint density at radius 1 is 1.67 bits per heavy atom. The van der Waals surface area contributed by atoms with Gasteiger partial charge in [0.15, 0.2) is 0 Å². The molecule has 1 aliphatic rings. The van der Waals surface area contributed by atoms with Gasteiger partial charge in [0, 0.05) is 19.6 Å². The molecule has 6 heteroatoms. The zero-order valence-electron chi connectivity index (χ0n) is 10.6. The van der Waals surface area contributed by atoms with Crippen molar-refractivity contribution in [2.75, 3.05) is 11.4 Å². The Morgan fingerprint density at radius 3 is 2.83 bits per heavy atom. The summed E-state index contributed by atoms with van der Waals surface area (Å²) in [5, 5.41) is 22.2. The molecule has 0 radical (unpaired) electrons. The molecule has 1 saturated carbocycles. The Balaban J connectivity index is 2.31. The maximum absolute atomic E-state index is 10.7. The molecule has 0 bridgehead atoms. The molecule has 1 aliphatic carbocycles. The summed E-state index contributed by atoms with van der Waals surface area (Å²) in [6, 6.07) is 2.52. The molecule has 0 unspecified atom stereocenters. The van der Waals surface area contributed by atoms with Gasteiger partial charge in [-0.25, -0.2) is 0 Å². The normalized spacial score (nSPS) is 14.3. The van der Waals surface area contributed by atoms with Crippen LogP contribution in [0, 0.1) is 18.3 Å². The van der Waals surface area contributed by atoms with E-state index in [-0.39, 0.29) is 6.42 Å². The van der Waals surface area contributed by atoms with Gasteiger partial charge in [0.05, 0.1) is 12.1 Å². The molecule has 2 rings (SSSR count). The fraction of sp³-hybridized carbons (Fsp3) is 0.583. The van der Waals surface area contributed by atoms with E-state index in [0.717, 1.165) is 18.7 Å². The smallest absolute Gasteiger partial charge is 0.305 e. The first-order valence-corrected chi connectivity index (χ1v) is 5.96. The molecule has 1 aromatic rings. The summed E-state index contributed by atoms with van der Waals surface area (Å²) in [6.45, 7) is 2.22. The Kier molecular flexibility index (Phi) is 3.24. The predicted molar refractivity (Wildman–Crippen MR) is 65.3 cm³/mol. The van der Waals surface area contributed by atoms with Crippen LogP contribution in [0.1, 0.15) is 30.5 Å². The molecule has 0 aliphatic heterocycles. The number of nitriles is 1. The van der Waals surface area contributed by atoms with Gasteiger partial charge in [-0.05, 0) is 19.8 Å². The van der Waals surface area contributed by atoms with Crippen molar-refractivity contribution < 1.29 is 9.90 Å². The van der Waals surface area contributed by atoms with E-state index in [4.69, 9.17) is 5.11 Å². The van der Waals surface area contributed by atoms with Crippen molar-refractivity contribution in [1.29, 1.82) is 5.26 Å². The maximum atomic E-state index is 10.7. The lowest BCUT2D eigenvalue weighted by Crippen LogP contribution is -2.30. The quantitative estimate of drug-likeness (QED) is 0.842. The molecule has 0 atom stereocenters. The molecule has 1 fully saturated rings. The van der Waals surface area contributed by atoms with E-state index in [1.807, 2.05) is 4.90 Å². The molecule has 18 heavy (non-hydrogen) atoms. The number of carboxylic acid groups (broad SMARTS) is 1. The standard InChI is InChI=1S/C12H16N4O2/c1-8-10(7-13)12(15(2)14-8)16(9-3-4-9)6-5-11(17)18/h9H,3-6H2,1-2H3,(H,17,18). The second-order valence-electron chi connectivity index (χ2n) is 4.59. The van der Waals surface area contributed by atoms with E-state index in [9.17, 15) is 10.1 Å². The van der Waals surface area contributed by atoms with E-state index in [2.05, 4.69) is 11.2 Å². The highest BCUT2D eigenvalue weighted by Crippen LogP contribution is 2.34. The highest BCUT2D eigenvalue weighted by molar-refractivity contribution is 5.68. The van der Waals surface area contributed by atoms with Gasteiger partial charge in [0.2, 0.25) is 0 Å². The van der Waals surface area contributed by atoms with Crippen LogP contribution in [0.25, 0.3) is 0 Å². The fourth-order valence-corrected chi connectivity index (χ4v) is 2.17. The van der Waals surface area contributed by atoms with Gasteiger partial charge >= 0.3 is 5.97 Å². The first kappa shape index (κ1) is 12.4. The van der Waals surface area contributed by atoms with Crippen molar-refractivity contribution in [1.82, 2.24) is 9.78 Å². The molecule has 0 spiro atoms. The van der Waals surface area contributed by atoms with Crippen LogP contribution in [0.5, 0.6) is 0 Å². The van der Waals surface area contributed by atoms with E-state index in [1.54, 1.807) is 18.7 Å². The van der Waals surface area contributed by atoms with Gasteiger partial charge < -0.3 is 10.0 Å². The van der Waals surface area contributed by atoms with E-state index >= 15 is 0 Å².